The van der Waals surface area contributed by atoms with Crippen molar-refractivity contribution in [2.75, 3.05) is 6.54 Å². The first kappa shape index (κ1) is 24.6. The molecule has 0 aromatic heterocycles. The highest BCUT2D eigenvalue weighted by Crippen LogP contribution is 2.50. The van der Waals surface area contributed by atoms with Gasteiger partial charge in [0.2, 0.25) is 0 Å². The molecule has 3 aliphatic carbocycles. The van der Waals surface area contributed by atoms with E-state index in [2.05, 4.69) is 5.32 Å². The van der Waals surface area contributed by atoms with E-state index in [0.29, 0.717) is 32.4 Å². The lowest BCUT2D eigenvalue weighted by atomic mass is 9.61. The number of aliphatic hydroxyl groups excluding tert-OH is 1. The van der Waals surface area contributed by atoms with Crippen LogP contribution in [0.4, 0.5) is 0 Å². The molecule has 37 heavy (non-hydrogen) atoms. The maximum absolute atomic E-state index is 13.5. The van der Waals surface area contributed by atoms with Crippen molar-refractivity contribution >= 4 is 29.0 Å². The van der Waals surface area contributed by atoms with Crippen LogP contribution in [0.15, 0.2) is 53.6 Å². The lowest BCUT2D eigenvalue weighted by molar-refractivity contribution is -0.134. The largest absolute Gasteiger partial charge is 0.507 e. The molecule has 8 nitrogen and oxygen atoms in total. The topological polar surface area (TPSA) is 147 Å². The van der Waals surface area contributed by atoms with E-state index >= 15 is 0 Å². The van der Waals surface area contributed by atoms with Crippen molar-refractivity contribution in [3.05, 3.63) is 70.3 Å². The van der Waals surface area contributed by atoms with Gasteiger partial charge in [-0.15, -0.1) is 0 Å². The molecule has 1 saturated carbocycles. The molecule has 0 bridgehead atoms. The summed E-state index contributed by atoms with van der Waals surface area (Å²) in [4.78, 5) is 49.2. The van der Waals surface area contributed by atoms with Crippen LogP contribution in [0.2, 0.25) is 0 Å². The number of fused-ring (bicyclic) bond motifs is 3. The summed E-state index contributed by atoms with van der Waals surface area (Å²) in [7, 11) is 0. The second-order valence-electron chi connectivity index (χ2n) is 10.1. The molecular weight excluding hydrogens is 472 g/mol. The van der Waals surface area contributed by atoms with Crippen molar-refractivity contribution in [1.29, 1.82) is 0 Å². The number of allylic oxidation sites excluding steroid dienone is 2. The summed E-state index contributed by atoms with van der Waals surface area (Å²) in [5, 5.41) is 25.0. The highest BCUT2D eigenvalue weighted by molar-refractivity contribution is 6.28. The van der Waals surface area contributed by atoms with Crippen LogP contribution in [0.1, 0.15) is 36.5 Å². The number of ketones is 3. The number of carbonyl (C=O) groups is 4. The first-order valence-corrected chi connectivity index (χ1v) is 12.3. The molecule has 0 saturated heterocycles. The fraction of sp³-hybridized carbons (Fsp3) is 0.310. The maximum Gasteiger partial charge on any atom is 0.252 e. The van der Waals surface area contributed by atoms with Crippen molar-refractivity contribution in [3.63, 3.8) is 0 Å². The Morgan fingerprint density at radius 2 is 1.78 bits per heavy atom. The number of nitrogens with two attached hydrogens (primary N) is 1. The van der Waals surface area contributed by atoms with Gasteiger partial charge in [-0.05, 0) is 66.3 Å². The molecule has 2 aromatic rings. The van der Waals surface area contributed by atoms with Gasteiger partial charge in [0.25, 0.3) is 5.91 Å². The van der Waals surface area contributed by atoms with Crippen molar-refractivity contribution in [2.45, 2.75) is 32.7 Å². The van der Waals surface area contributed by atoms with E-state index in [1.54, 1.807) is 6.07 Å². The number of Topliss-reactive ketones (excluding diaryl/α,β-unsaturated/α-hetero) is 3. The summed E-state index contributed by atoms with van der Waals surface area (Å²) in [5.41, 5.74) is 9.02. The molecule has 0 aliphatic heterocycles. The van der Waals surface area contributed by atoms with Gasteiger partial charge in [-0.3, -0.25) is 19.2 Å². The van der Waals surface area contributed by atoms with E-state index in [-0.39, 0.29) is 45.8 Å². The lowest BCUT2D eigenvalue weighted by Crippen LogP contribution is -2.45. The Hall–Kier alpha value is -4.04. The molecule has 2 aromatic carbocycles. The zero-order valence-electron chi connectivity index (χ0n) is 20.4. The van der Waals surface area contributed by atoms with Crippen LogP contribution in [-0.2, 0) is 32.1 Å². The van der Waals surface area contributed by atoms with Gasteiger partial charge in [0.05, 0.1) is 23.6 Å². The molecule has 8 heteroatoms. The average Bonchev–Trinajstić information content (AvgIpc) is 2.84. The third-order valence-corrected chi connectivity index (χ3v) is 7.65. The quantitative estimate of drug-likeness (QED) is 0.352. The number of phenolic OH excluding ortho intramolecular Hbond substituents is 1. The van der Waals surface area contributed by atoms with Crippen LogP contribution in [0.25, 0.3) is 16.9 Å². The minimum absolute atomic E-state index is 0.0639. The summed E-state index contributed by atoms with van der Waals surface area (Å²) in [5.74, 6) is -3.94. The summed E-state index contributed by atoms with van der Waals surface area (Å²) in [6.45, 7) is 2.38. The van der Waals surface area contributed by atoms with Crippen molar-refractivity contribution < 1.29 is 29.4 Å². The monoisotopic (exact) mass is 500 g/mol. The Morgan fingerprint density at radius 3 is 2.46 bits per heavy atom. The van der Waals surface area contributed by atoms with Crippen molar-refractivity contribution in [2.24, 2.45) is 23.5 Å². The second-order valence-corrected chi connectivity index (χ2v) is 10.1. The molecule has 0 heterocycles. The highest BCUT2D eigenvalue weighted by Gasteiger charge is 2.50. The fourth-order valence-electron chi connectivity index (χ4n) is 5.97. The second kappa shape index (κ2) is 9.44. The van der Waals surface area contributed by atoms with Crippen LogP contribution in [0.5, 0.6) is 5.75 Å². The normalized spacial score (nSPS) is 22.6. The Balaban J connectivity index is 1.50. The van der Waals surface area contributed by atoms with Gasteiger partial charge < -0.3 is 21.3 Å². The van der Waals surface area contributed by atoms with Gasteiger partial charge in [0.1, 0.15) is 17.3 Å². The third-order valence-electron chi connectivity index (χ3n) is 7.65. The molecule has 1 fully saturated rings. The van der Waals surface area contributed by atoms with Crippen molar-refractivity contribution in [1.82, 2.24) is 5.32 Å². The van der Waals surface area contributed by atoms with Crippen LogP contribution in [-0.4, -0.2) is 40.0 Å². The summed E-state index contributed by atoms with van der Waals surface area (Å²) in [6.07, 6.45) is 2.84. The van der Waals surface area contributed by atoms with E-state index in [4.69, 9.17) is 5.73 Å². The predicted molar refractivity (Wildman–Crippen MR) is 136 cm³/mol. The SMILES string of the molecule is CC(=O)CNCc1ccc(-c2ccc(O)c3c2CC2CC4CC=C(C(N)=O)C(=O)C4C(=O)C2=C3O)cc1. The number of aromatic hydroxyl groups is 1. The Kier molecular flexibility index (Phi) is 6.29. The van der Waals surface area contributed by atoms with E-state index in [1.165, 1.54) is 19.1 Å². The Bertz CT molecular complexity index is 1400. The van der Waals surface area contributed by atoms with E-state index in [0.717, 1.165) is 22.3 Å². The van der Waals surface area contributed by atoms with Crippen LogP contribution in [0, 0.1) is 17.8 Å². The number of benzene rings is 2. The standard InChI is InChI=1S/C29H28N2O6/c1-14(32)12-31-13-15-2-4-16(5-3-15)19-8-9-22(33)25-21(19)11-18-10-17-6-7-20(29(30)37)26(34)23(17)27(35)24(18)28(25)36/h2-5,7-9,17-18,23,31,33,36H,6,10-13H2,1H3,(H2,30,37). The van der Waals surface area contributed by atoms with Crippen LogP contribution in [0.3, 0.4) is 0 Å². The van der Waals surface area contributed by atoms with Gasteiger partial charge in [-0.2, -0.15) is 0 Å². The number of primary amides is 1. The number of phenols is 1. The number of rotatable bonds is 6. The van der Waals surface area contributed by atoms with Gasteiger partial charge in [0.15, 0.2) is 11.6 Å². The van der Waals surface area contributed by atoms with E-state index < -0.39 is 23.4 Å². The van der Waals surface area contributed by atoms with Gasteiger partial charge in [-0.1, -0.05) is 36.4 Å². The molecule has 0 spiro atoms. The van der Waals surface area contributed by atoms with Crippen LogP contribution >= 0.6 is 0 Å². The summed E-state index contributed by atoms with van der Waals surface area (Å²) < 4.78 is 0. The van der Waals surface area contributed by atoms with E-state index in [1.807, 2.05) is 24.3 Å². The molecule has 3 unspecified atom stereocenters. The smallest absolute Gasteiger partial charge is 0.252 e. The minimum atomic E-state index is -1.04. The Labute approximate surface area is 213 Å². The van der Waals surface area contributed by atoms with Gasteiger partial charge >= 0.3 is 0 Å². The zero-order valence-corrected chi connectivity index (χ0v) is 20.4. The number of hydrogen-bond donors (Lipinski definition) is 4. The Morgan fingerprint density at radius 1 is 1.05 bits per heavy atom. The molecule has 0 radical (unpaired) electrons. The van der Waals surface area contributed by atoms with Gasteiger partial charge in [0, 0.05) is 12.1 Å². The first-order chi connectivity index (χ1) is 17.7. The molecule has 1 amide bonds. The molecule has 5 rings (SSSR count). The number of carbonyl (C=O) groups excluding carboxylic acids is 4. The molecule has 3 atom stereocenters. The summed E-state index contributed by atoms with van der Waals surface area (Å²) in [6, 6.07) is 11.1. The van der Waals surface area contributed by atoms with Crippen LogP contribution < -0.4 is 11.1 Å². The lowest BCUT2D eigenvalue weighted by Gasteiger charge is -2.40. The zero-order chi connectivity index (χ0) is 26.4. The van der Waals surface area contributed by atoms with E-state index in [9.17, 15) is 29.4 Å². The first-order valence-electron chi connectivity index (χ1n) is 12.3. The summed E-state index contributed by atoms with van der Waals surface area (Å²) >= 11 is 0. The third kappa shape index (κ3) is 4.27. The van der Waals surface area contributed by atoms with Gasteiger partial charge in [-0.25, -0.2) is 0 Å². The molecule has 3 aliphatic rings. The fourth-order valence-corrected chi connectivity index (χ4v) is 5.97. The molecule has 190 valence electrons. The minimum Gasteiger partial charge on any atom is -0.507 e. The molecule has 5 N–H and O–H groups in total. The average molecular weight is 501 g/mol. The number of nitrogens with one attached hydrogen (secondary N) is 1. The van der Waals surface area contributed by atoms with Crippen molar-refractivity contribution in [3.8, 4) is 16.9 Å². The highest BCUT2D eigenvalue weighted by atomic mass is 16.3. The number of hydrogen-bond acceptors (Lipinski definition) is 7. The maximum atomic E-state index is 13.5. The molecular formula is C29H28N2O6. The predicted octanol–water partition coefficient (Wildman–Crippen LogP) is 2.77. The number of aliphatic hydroxyl groups is 1. The number of amides is 1.